The van der Waals surface area contributed by atoms with Crippen molar-refractivity contribution in [2.75, 3.05) is 0 Å². The molecule has 3 rings (SSSR count). The third-order valence-electron chi connectivity index (χ3n) is 4.11. The van der Waals surface area contributed by atoms with Crippen molar-refractivity contribution in [3.8, 4) is 11.8 Å². The summed E-state index contributed by atoms with van der Waals surface area (Å²) in [5.74, 6) is -1.03. The molecule has 0 spiro atoms. The summed E-state index contributed by atoms with van der Waals surface area (Å²) in [6.45, 7) is 0.258. The van der Waals surface area contributed by atoms with Gasteiger partial charge in [0.2, 0.25) is 0 Å². The average molecular weight is 451 g/mol. The lowest BCUT2D eigenvalue weighted by molar-refractivity contribution is -0.255. The maximum atomic E-state index is 13.4. The first kappa shape index (κ1) is 20.3. The van der Waals surface area contributed by atoms with Crippen molar-refractivity contribution in [1.29, 1.82) is 5.26 Å². The van der Waals surface area contributed by atoms with Gasteiger partial charge in [0.25, 0.3) is 0 Å². The average Bonchev–Trinajstić information content (AvgIpc) is 2.71. The molecule has 0 fully saturated rings. The molecule has 0 aliphatic heterocycles. The van der Waals surface area contributed by atoms with E-state index < -0.39 is 11.8 Å². The molecule has 0 amide bonds. The van der Waals surface area contributed by atoms with Gasteiger partial charge in [0.15, 0.2) is 0 Å². The summed E-state index contributed by atoms with van der Waals surface area (Å²) in [5, 5.41) is 20.2. The van der Waals surface area contributed by atoms with Crippen LogP contribution in [0.15, 0.2) is 71.2 Å². The van der Waals surface area contributed by atoms with Crippen LogP contribution in [0.4, 0.5) is 4.39 Å². The zero-order chi connectivity index (χ0) is 20.8. The van der Waals surface area contributed by atoms with Crippen LogP contribution in [0.2, 0.25) is 0 Å². The molecule has 3 aromatic carbocycles. The van der Waals surface area contributed by atoms with Crippen LogP contribution >= 0.6 is 15.9 Å². The highest BCUT2D eigenvalue weighted by molar-refractivity contribution is 9.10. The van der Waals surface area contributed by atoms with Crippen molar-refractivity contribution in [3.63, 3.8) is 0 Å². The van der Waals surface area contributed by atoms with Gasteiger partial charge in [0.05, 0.1) is 22.1 Å². The molecule has 0 aliphatic rings. The standard InChI is InChI=1S/C23H15BrFNO3/c24-21-11-16(10-19(13-26)18-2-1-3-20(25)12-18)6-9-22(21)29-14-15-4-7-17(8-5-15)23(27)28/h1-12H,14H2,(H,27,28)/p-1/b19-10+. The fourth-order valence-electron chi connectivity index (χ4n) is 2.62. The molecule has 0 N–H and O–H groups in total. The minimum atomic E-state index is -1.22. The van der Waals surface area contributed by atoms with E-state index in [1.165, 1.54) is 24.3 Å². The second-order valence-corrected chi connectivity index (χ2v) is 7.00. The van der Waals surface area contributed by atoms with Gasteiger partial charge in [0.1, 0.15) is 18.2 Å². The second-order valence-electron chi connectivity index (χ2n) is 6.14. The van der Waals surface area contributed by atoms with E-state index >= 15 is 0 Å². The topological polar surface area (TPSA) is 73.1 Å². The lowest BCUT2D eigenvalue weighted by Gasteiger charge is -2.10. The molecule has 0 aliphatic carbocycles. The molecule has 0 heterocycles. The molecule has 29 heavy (non-hydrogen) atoms. The molecule has 0 atom stereocenters. The number of benzene rings is 3. The molecule has 0 aromatic heterocycles. The highest BCUT2D eigenvalue weighted by Crippen LogP contribution is 2.29. The van der Waals surface area contributed by atoms with Crippen LogP contribution in [0.3, 0.4) is 0 Å². The van der Waals surface area contributed by atoms with Crippen LogP contribution in [0.25, 0.3) is 11.6 Å². The lowest BCUT2D eigenvalue weighted by atomic mass is 10.0. The Labute approximate surface area is 175 Å². The van der Waals surface area contributed by atoms with E-state index in [1.807, 2.05) is 0 Å². The molecular weight excluding hydrogens is 437 g/mol. The fraction of sp³-hybridized carbons (Fsp3) is 0.0435. The number of hydrogen-bond donors (Lipinski definition) is 0. The van der Waals surface area contributed by atoms with Gasteiger partial charge in [-0.2, -0.15) is 5.26 Å². The molecule has 0 saturated heterocycles. The summed E-state index contributed by atoms with van der Waals surface area (Å²) in [6.07, 6.45) is 1.67. The minimum Gasteiger partial charge on any atom is -0.545 e. The van der Waals surface area contributed by atoms with Crippen molar-refractivity contribution in [1.82, 2.24) is 0 Å². The van der Waals surface area contributed by atoms with Crippen molar-refractivity contribution >= 4 is 33.5 Å². The summed E-state index contributed by atoms with van der Waals surface area (Å²) in [6, 6.07) is 19.6. The van der Waals surface area contributed by atoms with E-state index in [4.69, 9.17) is 4.74 Å². The van der Waals surface area contributed by atoms with Gasteiger partial charge in [0, 0.05) is 0 Å². The van der Waals surface area contributed by atoms with Crippen molar-refractivity contribution in [2.45, 2.75) is 6.61 Å². The molecule has 144 valence electrons. The Morgan fingerprint density at radius 1 is 1.10 bits per heavy atom. The zero-order valence-electron chi connectivity index (χ0n) is 15.1. The number of carboxylic acid groups (broad SMARTS) is 1. The maximum Gasteiger partial charge on any atom is 0.134 e. The van der Waals surface area contributed by atoms with Crippen molar-refractivity contribution in [3.05, 3.63) is 99.3 Å². The van der Waals surface area contributed by atoms with Crippen LogP contribution in [0.5, 0.6) is 5.75 Å². The third-order valence-corrected chi connectivity index (χ3v) is 4.73. The van der Waals surface area contributed by atoms with Crippen LogP contribution in [-0.2, 0) is 6.61 Å². The minimum absolute atomic E-state index is 0.109. The molecule has 0 bridgehead atoms. The number of rotatable bonds is 6. The number of carbonyl (C=O) groups excluding carboxylic acids is 1. The summed E-state index contributed by atoms with van der Waals surface area (Å²) in [5.41, 5.74) is 2.52. The number of nitriles is 1. The molecule has 4 nitrogen and oxygen atoms in total. The van der Waals surface area contributed by atoms with E-state index in [9.17, 15) is 19.6 Å². The maximum absolute atomic E-state index is 13.4. The van der Waals surface area contributed by atoms with Gasteiger partial charge in [-0.15, -0.1) is 0 Å². The Morgan fingerprint density at radius 2 is 1.86 bits per heavy atom. The first-order valence-corrected chi connectivity index (χ1v) is 9.36. The van der Waals surface area contributed by atoms with Gasteiger partial charge in [-0.05, 0) is 68.5 Å². The van der Waals surface area contributed by atoms with Gasteiger partial charge >= 0.3 is 0 Å². The molecule has 0 radical (unpaired) electrons. The summed E-state index contributed by atoms with van der Waals surface area (Å²) in [4.78, 5) is 10.8. The molecule has 0 unspecified atom stereocenters. The van der Waals surface area contributed by atoms with Crippen molar-refractivity contribution < 1.29 is 19.0 Å². The molecular formula is C23H14BrFNO3-. The quantitative estimate of drug-likeness (QED) is 0.406. The zero-order valence-corrected chi connectivity index (χ0v) is 16.6. The SMILES string of the molecule is N#C/C(=C\c1ccc(OCc2ccc(C(=O)[O-])cc2)c(Br)c1)c1cccc(F)c1. The van der Waals surface area contributed by atoms with E-state index in [-0.39, 0.29) is 12.2 Å². The predicted octanol–water partition coefficient (Wildman–Crippen LogP) is 4.59. The number of ether oxygens (including phenoxy) is 1. The third kappa shape index (κ3) is 5.31. The Hall–Kier alpha value is -3.43. The first-order chi connectivity index (χ1) is 14.0. The second kappa shape index (κ2) is 9.18. The largest absolute Gasteiger partial charge is 0.545 e. The first-order valence-electron chi connectivity index (χ1n) is 8.56. The molecule has 0 saturated carbocycles. The number of halogens is 2. The summed E-state index contributed by atoms with van der Waals surface area (Å²) < 4.78 is 19.9. The monoisotopic (exact) mass is 450 g/mol. The van der Waals surface area contributed by atoms with Gasteiger partial charge in [-0.25, -0.2) is 4.39 Å². The van der Waals surface area contributed by atoms with Gasteiger partial charge < -0.3 is 14.6 Å². The van der Waals surface area contributed by atoms with Crippen LogP contribution < -0.4 is 9.84 Å². The molecule has 6 heteroatoms. The van der Waals surface area contributed by atoms with Crippen molar-refractivity contribution in [2.24, 2.45) is 0 Å². The van der Waals surface area contributed by atoms with Gasteiger partial charge in [-0.1, -0.05) is 42.5 Å². The smallest absolute Gasteiger partial charge is 0.134 e. The Kier molecular flexibility index (Phi) is 6.43. The number of hydrogen-bond acceptors (Lipinski definition) is 4. The Balaban J connectivity index is 1.74. The normalized spacial score (nSPS) is 11.0. The van der Waals surface area contributed by atoms with E-state index in [0.717, 1.165) is 11.1 Å². The Bertz CT molecular complexity index is 1120. The number of carboxylic acids is 1. The van der Waals surface area contributed by atoms with Crippen LogP contribution in [0, 0.1) is 17.1 Å². The number of aromatic carboxylic acids is 1. The summed E-state index contributed by atoms with van der Waals surface area (Å²) >= 11 is 3.45. The van der Waals surface area contributed by atoms with E-state index in [1.54, 1.807) is 48.5 Å². The fourth-order valence-corrected chi connectivity index (χ4v) is 3.14. The number of allylic oxidation sites excluding steroid dienone is 1. The predicted molar refractivity (Wildman–Crippen MR) is 109 cm³/mol. The van der Waals surface area contributed by atoms with E-state index in [2.05, 4.69) is 22.0 Å². The van der Waals surface area contributed by atoms with Crippen LogP contribution in [-0.4, -0.2) is 5.97 Å². The number of nitrogens with zero attached hydrogens (tertiary/aromatic N) is 1. The van der Waals surface area contributed by atoms with Crippen LogP contribution in [0.1, 0.15) is 27.0 Å². The number of carbonyl (C=O) groups is 1. The highest BCUT2D eigenvalue weighted by Gasteiger charge is 2.06. The summed E-state index contributed by atoms with van der Waals surface area (Å²) in [7, 11) is 0. The molecule has 3 aromatic rings. The highest BCUT2D eigenvalue weighted by atomic mass is 79.9. The Morgan fingerprint density at radius 3 is 2.48 bits per heavy atom. The van der Waals surface area contributed by atoms with E-state index in [0.29, 0.717) is 21.4 Å². The van der Waals surface area contributed by atoms with Gasteiger partial charge in [-0.3, -0.25) is 0 Å². The lowest BCUT2D eigenvalue weighted by Crippen LogP contribution is -2.22.